The van der Waals surface area contributed by atoms with Gasteiger partial charge in [0.1, 0.15) is 10.0 Å². The van der Waals surface area contributed by atoms with E-state index in [1.54, 1.807) is 17.5 Å². The molecule has 0 radical (unpaired) electrons. The molecule has 158 valence electrons. The minimum absolute atomic E-state index is 0.00345. The highest BCUT2D eigenvalue weighted by Crippen LogP contribution is 2.26. The number of hydrogen-bond donors (Lipinski definition) is 0. The van der Waals surface area contributed by atoms with Gasteiger partial charge in [0.2, 0.25) is 0 Å². The lowest BCUT2D eigenvalue weighted by Crippen LogP contribution is -2.31. The van der Waals surface area contributed by atoms with Crippen LogP contribution in [0.15, 0.2) is 36.7 Å². The first-order valence-electron chi connectivity index (χ1n) is 10.4. The van der Waals surface area contributed by atoms with Crippen LogP contribution in [0.2, 0.25) is 0 Å². The Morgan fingerprint density at radius 2 is 1.97 bits per heavy atom. The molecule has 1 aliphatic rings. The predicted octanol–water partition coefficient (Wildman–Crippen LogP) is 3.35. The molecule has 0 unspecified atom stereocenters. The zero-order valence-electron chi connectivity index (χ0n) is 17.5. The van der Waals surface area contributed by atoms with Gasteiger partial charge in [-0.05, 0) is 64.2 Å². The summed E-state index contributed by atoms with van der Waals surface area (Å²) in [6.07, 6.45) is 5.86. The number of piperidine rings is 1. The lowest BCUT2D eigenvalue weighted by Gasteiger charge is -2.28. The number of aryl methyl sites for hydroxylation is 1. The maximum Gasteiger partial charge on any atom is 0.172 e. The Balaban J connectivity index is 1.33. The molecule has 0 saturated carbocycles. The smallest absolute Gasteiger partial charge is 0.172 e. The summed E-state index contributed by atoms with van der Waals surface area (Å²) in [6.45, 7) is 4.05. The van der Waals surface area contributed by atoms with Gasteiger partial charge in [-0.3, -0.25) is 9.48 Å². The van der Waals surface area contributed by atoms with E-state index >= 15 is 0 Å². The predicted molar refractivity (Wildman–Crippen MR) is 119 cm³/mol. The van der Waals surface area contributed by atoms with Gasteiger partial charge in [0.05, 0.1) is 35.4 Å². The van der Waals surface area contributed by atoms with Crippen molar-refractivity contribution < 1.29 is 4.79 Å². The number of carbonyl (C=O) groups excluding carboxylic acids is 1. The number of likely N-dealkylation sites (tertiary alicyclic amines) is 1. The van der Waals surface area contributed by atoms with Crippen molar-refractivity contribution >= 4 is 28.0 Å². The number of hydrogen-bond acceptors (Lipinski definition) is 8. The average molecular weight is 434 g/mol. The third-order valence-corrected chi connectivity index (χ3v) is 6.62. The molecule has 4 heterocycles. The van der Waals surface area contributed by atoms with E-state index in [0.717, 1.165) is 52.4 Å². The van der Waals surface area contributed by atoms with E-state index in [4.69, 9.17) is 0 Å². The maximum atomic E-state index is 12.8. The summed E-state index contributed by atoms with van der Waals surface area (Å²) >= 11 is 1.55. The van der Waals surface area contributed by atoms with Gasteiger partial charge >= 0.3 is 0 Å². The van der Waals surface area contributed by atoms with Crippen LogP contribution in [0.3, 0.4) is 0 Å². The summed E-state index contributed by atoms with van der Waals surface area (Å²) in [5.41, 5.74) is 3.05. The molecule has 1 fully saturated rings. The molecular formula is C22H23N7OS. The van der Waals surface area contributed by atoms with Crippen molar-refractivity contribution in [2.75, 3.05) is 20.1 Å². The second-order valence-corrected chi connectivity index (χ2v) is 9.26. The largest absolute Gasteiger partial charge is 0.306 e. The molecule has 0 atom stereocenters. The zero-order valence-corrected chi connectivity index (χ0v) is 18.3. The standard InChI is InChI=1S/C22H23N7OS/c1-14-24-27-22(31-14)15-3-4-20-16(9-15)10-18(25-26-20)11-21(30)17-12-23-29(13-17)19-5-7-28(2)8-6-19/h3-4,9-10,12-13,19H,5-8,11H2,1-2H3. The van der Waals surface area contributed by atoms with Crippen LogP contribution in [0, 0.1) is 6.92 Å². The highest BCUT2D eigenvalue weighted by atomic mass is 32.1. The van der Waals surface area contributed by atoms with Crippen molar-refractivity contribution in [3.63, 3.8) is 0 Å². The Kier molecular flexibility index (Phi) is 5.29. The molecule has 0 bridgehead atoms. The van der Waals surface area contributed by atoms with E-state index in [2.05, 4.69) is 37.4 Å². The number of rotatable bonds is 5. The molecule has 0 aliphatic carbocycles. The molecule has 1 aliphatic heterocycles. The van der Waals surface area contributed by atoms with Crippen molar-refractivity contribution in [1.29, 1.82) is 0 Å². The van der Waals surface area contributed by atoms with Crippen LogP contribution in [0.25, 0.3) is 21.5 Å². The van der Waals surface area contributed by atoms with Gasteiger partial charge in [-0.25, -0.2) is 0 Å². The summed E-state index contributed by atoms with van der Waals surface area (Å²) in [7, 11) is 2.14. The fourth-order valence-electron chi connectivity index (χ4n) is 3.93. The van der Waals surface area contributed by atoms with E-state index in [1.165, 1.54) is 0 Å². The second-order valence-electron chi connectivity index (χ2n) is 8.08. The van der Waals surface area contributed by atoms with Crippen molar-refractivity contribution in [2.24, 2.45) is 0 Å². The zero-order chi connectivity index (χ0) is 21.4. The molecule has 4 aromatic rings. The fourth-order valence-corrected chi connectivity index (χ4v) is 4.62. The summed E-state index contributed by atoms with van der Waals surface area (Å²) in [4.78, 5) is 15.2. The summed E-state index contributed by atoms with van der Waals surface area (Å²) in [5, 5.41) is 24.0. The van der Waals surface area contributed by atoms with Crippen LogP contribution in [-0.4, -0.2) is 61.0 Å². The van der Waals surface area contributed by atoms with Gasteiger partial charge < -0.3 is 4.90 Å². The number of nitrogens with zero attached hydrogens (tertiary/aromatic N) is 7. The Morgan fingerprint density at radius 1 is 1.13 bits per heavy atom. The van der Waals surface area contributed by atoms with E-state index < -0.39 is 0 Å². The molecule has 0 amide bonds. The molecule has 3 aromatic heterocycles. The number of fused-ring (bicyclic) bond motifs is 1. The minimum Gasteiger partial charge on any atom is -0.306 e. The van der Waals surface area contributed by atoms with E-state index in [9.17, 15) is 4.79 Å². The molecule has 0 N–H and O–H groups in total. The van der Waals surface area contributed by atoms with Crippen LogP contribution in [0.4, 0.5) is 0 Å². The highest BCUT2D eigenvalue weighted by Gasteiger charge is 2.20. The molecular weight excluding hydrogens is 410 g/mol. The average Bonchev–Trinajstić information content (AvgIpc) is 3.43. The summed E-state index contributed by atoms with van der Waals surface area (Å²) in [5.74, 6) is 0.00345. The minimum atomic E-state index is 0.00345. The molecule has 1 saturated heterocycles. The third kappa shape index (κ3) is 4.24. The van der Waals surface area contributed by atoms with E-state index in [0.29, 0.717) is 17.3 Å². The Hall–Kier alpha value is -3.04. The van der Waals surface area contributed by atoms with Crippen LogP contribution >= 0.6 is 11.3 Å². The Labute approximate surface area is 183 Å². The number of benzene rings is 1. The number of carbonyl (C=O) groups is 1. The first-order valence-corrected chi connectivity index (χ1v) is 11.2. The maximum absolute atomic E-state index is 12.8. The van der Waals surface area contributed by atoms with Crippen molar-refractivity contribution in [2.45, 2.75) is 32.2 Å². The lowest BCUT2D eigenvalue weighted by atomic mass is 10.1. The quantitative estimate of drug-likeness (QED) is 0.446. The van der Waals surface area contributed by atoms with Crippen LogP contribution in [-0.2, 0) is 6.42 Å². The van der Waals surface area contributed by atoms with Crippen LogP contribution < -0.4 is 0 Å². The number of aromatic nitrogens is 6. The molecule has 9 heteroatoms. The monoisotopic (exact) mass is 433 g/mol. The SMILES string of the molecule is Cc1nnc(-c2ccc3nnc(CC(=O)c4cnn(C5CCN(C)CC5)c4)cc3c2)s1. The van der Waals surface area contributed by atoms with Crippen LogP contribution in [0.1, 0.15) is 39.9 Å². The van der Waals surface area contributed by atoms with Crippen LogP contribution in [0.5, 0.6) is 0 Å². The lowest BCUT2D eigenvalue weighted by molar-refractivity contribution is 0.0991. The molecule has 31 heavy (non-hydrogen) atoms. The normalized spacial score (nSPS) is 15.5. The Morgan fingerprint density at radius 3 is 2.74 bits per heavy atom. The van der Waals surface area contributed by atoms with Gasteiger partial charge in [-0.15, -0.1) is 10.2 Å². The molecule has 0 spiro atoms. The topological polar surface area (TPSA) is 89.7 Å². The summed E-state index contributed by atoms with van der Waals surface area (Å²) in [6, 6.07) is 8.21. The van der Waals surface area contributed by atoms with Crippen molar-refractivity contribution in [3.8, 4) is 10.6 Å². The van der Waals surface area contributed by atoms with Gasteiger partial charge in [-0.2, -0.15) is 15.3 Å². The third-order valence-electron chi connectivity index (χ3n) is 5.74. The van der Waals surface area contributed by atoms with Crippen molar-refractivity contribution in [3.05, 3.63) is 52.9 Å². The first kappa shape index (κ1) is 19.9. The highest BCUT2D eigenvalue weighted by molar-refractivity contribution is 7.14. The number of ketones is 1. The van der Waals surface area contributed by atoms with Gasteiger partial charge in [0.15, 0.2) is 5.78 Å². The molecule has 8 nitrogen and oxygen atoms in total. The molecule has 5 rings (SSSR count). The van der Waals surface area contributed by atoms with E-state index in [-0.39, 0.29) is 12.2 Å². The summed E-state index contributed by atoms with van der Waals surface area (Å²) < 4.78 is 1.95. The van der Waals surface area contributed by atoms with Gasteiger partial charge in [0, 0.05) is 17.1 Å². The fraction of sp³-hybridized carbons (Fsp3) is 0.364. The van der Waals surface area contributed by atoms with Gasteiger partial charge in [-0.1, -0.05) is 11.3 Å². The number of Topliss-reactive ketones (excluding diaryl/α,β-unsaturated/α-hetero) is 1. The molecule has 1 aromatic carbocycles. The second kappa shape index (κ2) is 8.24. The Bertz CT molecular complexity index is 1240. The van der Waals surface area contributed by atoms with Gasteiger partial charge in [0.25, 0.3) is 0 Å². The first-order chi connectivity index (χ1) is 15.0. The van der Waals surface area contributed by atoms with Crippen molar-refractivity contribution in [1.82, 2.24) is 35.1 Å². The van der Waals surface area contributed by atoms with E-state index in [1.807, 2.05) is 42.1 Å².